The smallest absolute Gasteiger partial charge is 0.130 e. The average Bonchev–Trinajstić information content (AvgIpc) is 2.23. The molecule has 0 amide bonds. The van der Waals surface area contributed by atoms with Crippen molar-refractivity contribution in [2.24, 2.45) is 0 Å². The van der Waals surface area contributed by atoms with Gasteiger partial charge in [-0.05, 0) is 31.4 Å². The van der Waals surface area contributed by atoms with E-state index in [9.17, 15) is 0 Å². The van der Waals surface area contributed by atoms with Crippen LogP contribution in [0, 0.1) is 0 Å². The van der Waals surface area contributed by atoms with Crippen LogP contribution < -0.4 is 4.74 Å². The third-order valence-corrected chi connectivity index (χ3v) is 3.17. The monoisotopic (exact) mass is 252 g/mol. The van der Waals surface area contributed by atoms with Gasteiger partial charge >= 0.3 is 0 Å². The Labute approximate surface area is 92.9 Å². The Kier molecular flexibility index (Phi) is 3.25. The summed E-state index contributed by atoms with van der Waals surface area (Å²) in [6.45, 7) is 0. The summed E-state index contributed by atoms with van der Waals surface area (Å²) in [5.41, 5.74) is 0. The Balaban J connectivity index is 2.04. The van der Waals surface area contributed by atoms with E-state index in [0.717, 1.165) is 18.6 Å². The molecule has 74 valence electrons. The maximum Gasteiger partial charge on any atom is 0.130 e. The van der Waals surface area contributed by atoms with Gasteiger partial charge in [-0.3, -0.25) is 0 Å². The highest BCUT2D eigenvalue weighted by Gasteiger charge is 2.16. The van der Waals surface area contributed by atoms with Crippen molar-refractivity contribution >= 4 is 15.9 Å². The van der Waals surface area contributed by atoms with Crippen molar-refractivity contribution in [3.8, 4) is 5.75 Å². The van der Waals surface area contributed by atoms with Gasteiger partial charge in [0.2, 0.25) is 0 Å². The van der Waals surface area contributed by atoms with Gasteiger partial charge in [-0.1, -0.05) is 40.2 Å². The van der Waals surface area contributed by atoms with Crippen LogP contribution >= 0.6 is 15.9 Å². The van der Waals surface area contributed by atoms with E-state index in [1.807, 2.05) is 30.3 Å². The second-order valence-electron chi connectivity index (χ2n) is 3.44. The predicted octanol–water partition coefficient (Wildman–Crippen LogP) is 3.90. The first-order chi connectivity index (χ1) is 6.86. The van der Waals surface area contributed by atoms with Crippen molar-refractivity contribution in [2.75, 3.05) is 0 Å². The number of hydrogen-bond donors (Lipinski definition) is 0. The highest BCUT2D eigenvalue weighted by Crippen LogP contribution is 2.27. The van der Waals surface area contributed by atoms with E-state index in [2.05, 4.69) is 22.0 Å². The number of para-hydroxylation sites is 1. The van der Waals surface area contributed by atoms with Crippen molar-refractivity contribution in [3.05, 3.63) is 40.9 Å². The second kappa shape index (κ2) is 4.65. The number of benzene rings is 1. The Morgan fingerprint density at radius 3 is 2.71 bits per heavy atom. The van der Waals surface area contributed by atoms with E-state index in [0.29, 0.717) is 0 Å². The van der Waals surface area contributed by atoms with Gasteiger partial charge in [-0.15, -0.1) is 0 Å². The van der Waals surface area contributed by atoms with Crippen LogP contribution in [0.15, 0.2) is 40.9 Å². The van der Waals surface area contributed by atoms with E-state index in [4.69, 9.17) is 4.74 Å². The van der Waals surface area contributed by atoms with Gasteiger partial charge in [-0.2, -0.15) is 0 Å². The zero-order chi connectivity index (χ0) is 9.80. The molecule has 1 aromatic carbocycles. The molecule has 0 N–H and O–H groups in total. The van der Waals surface area contributed by atoms with Crippen LogP contribution in [0.25, 0.3) is 0 Å². The molecule has 14 heavy (non-hydrogen) atoms. The first kappa shape index (κ1) is 9.78. The molecule has 0 fully saturated rings. The van der Waals surface area contributed by atoms with E-state index in [1.165, 1.54) is 10.9 Å². The minimum atomic E-state index is 0.214. The maximum atomic E-state index is 5.85. The van der Waals surface area contributed by atoms with Crippen LogP contribution in [-0.2, 0) is 0 Å². The molecule has 0 bridgehead atoms. The van der Waals surface area contributed by atoms with Gasteiger partial charge in [0.05, 0.1) is 0 Å². The van der Waals surface area contributed by atoms with E-state index < -0.39 is 0 Å². The van der Waals surface area contributed by atoms with Gasteiger partial charge in [-0.25, -0.2) is 0 Å². The third kappa shape index (κ3) is 2.38. The fraction of sp³-hybridized carbons (Fsp3) is 0.333. The fourth-order valence-electron chi connectivity index (χ4n) is 1.59. The molecule has 2 heteroatoms. The summed E-state index contributed by atoms with van der Waals surface area (Å²) < 4.78 is 7.04. The zero-order valence-corrected chi connectivity index (χ0v) is 9.53. The van der Waals surface area contributed by atoms with Crippen LogP contribution in [0.4, 0.5) is 0 Å². The van der Waals surface area contributed by atoms with Gasteiger partial charge < -0.3 is 4.74 Å². The summed E-state index contributed by atoms with van der Waals surface area (Å²) >= 11 is 3.55. The lowest BCUT2D eigenvalue weighted by atomic mass is 10.1. The van der Waals surface area contributed by atoms with E-state index >= 15 is 0 Å². The number of ether oxygens (including phenoxy) is 1. The molecule has 0 radical (unpaired) electrons. The average molecular weight is 253 g/mol. The molecule has 1 unspecified atom stereocenters. The maximum absolute atomic E-state index is 5.85. The molecule has 0 saturated heterocycles. The number of allylic oxidation sites excluding steroid dienone is 1. The Hall–Kier alpha value is -0.760. The highest BCUT2D eigenvalue weighted by atomic mass is 79.9. The van der Waals surface area contributed by atoms with Crippen LogP contribution in [0.2, 0.25) is 0 Å². The molecule has 0 aromatic heterocycles. The van der Waals surface area contributed by atoms with E-state index in [1.54, 1.807) is 0 Å². The molecule has 0 saturated carbocycles. The van der Waals surface area contributed by atoms with Crippen molar-refractivity contribution < 1.29 is 4.74 Å². The lowest BCUT2D eigenvalue weighted by Gasteiger charge is -2.21. The lowest BCUT2D eigenvalue weighted by Crippen LogP contribution is -2.18. The molecule has 1 aromatic rings. The molecule has 1 nitrogen and oxygen atoms in total. The quantitative estimate of drug-likeness (QED) is 0.776. The highest BCUT2D eigenvalue weighted by molar-refractivity contribution is 9.11. The van der Waals surface area contributed by atoms with Crippen LogP contribution in [0.5, 0.6) is 5.75 Å². The normalized spacial score (nSPS) is 21.5. The summed E-state index contributed by atoms with van der Waals surface area (Å²) in [6.07, 6.45) is 5.90. The molecule has 1 aliphatic rings. The molecule has 0 heterocycles. The largest absolute Gasteiger partial charge is 0.485 e. The third-order valence-electron chi connectivity index (χ3n) is 2.34. The standard InChI is InChI=1S/C12H13BrO/c13-11-8-4-5-9-12(11)14-10-6-2-1-3-7-10/h1-3,6-8,12H,4-5,9H2. The second-order valence-corrected chi connectivity index (χ2v) is 4.36. The van der Waals surface area contributed by atoms with Gasteiger partial charge in [0.1, 0.15) is 11.9 Å². The predicted molar refractivity (Wildman–Crippen MR) is 61.7 cm³/mol. The molecule has 2 rings (SSSR count). The number of hydrogen-bond acceptors (Lipinski definition) is 1. The topological polar surface area (TPSA) is 9.23 Å². The molecular formula is C12H13BrO. The molecule has 0 spiro atoms. The lowest BCUT2D eigenvalue weighted by molar-refractivity contribution is 0.227. The molecule has 0 aliphatic heterocycles. The SMILES string of the molecule is BrC1=CCCCC1Oc1ccccc1. The zero-order valence-electron chi connectivity index (χ0n) is 7.95. The Bertz CT molecular complexity index is 318. The van der Waals surface area contributed by atoms with Crippen LogP contribution in [-0.4, -0.2) is 6.10 Å². The summed E-state index contributed by atoms with van der Waals surface area (Å²) in [5.74, 6) is 0.949. The van der Waals surface area contributed by atoms with Gasteiger partial charge in [0.25, 0.3) is 0 Å². The Morgan fingerprint density at radius 2 is 2.00 bits per heavy atom. The summed E-state index contributed by atoms with van der Waals surface area (Å²) in [5, 5.41) is 0. The summed E-state index contributed by atoms with van der Waals surface area (Å²) in [6, 6.07) is 9.98. The molecular weight excluding hydrogens is 240 g/mol. The molecule has 1 atom stereocenters. The fourth-order valence-corrected chi connectivity index (χ4v) is 2.14. The Morgan fingerprint density at radius 1 is 1.21 bits per heavy atom. The molecule has 1 aliphatic carbocycles. The van der Waals surface area contributed by atoms with Crippen molar-refractivity contribution in [2.45, 2.75) is 25.4 Å². The van der Waals surface area contributed by atoms with Crippen molar-refractivity contribution in [1.29, 1.82) is 0 Å². The first-order valence-electron chi connectivity index (χ1n) is 4.93. The number of halogens is 1. The first-order valence-corrected chi connectivity index (χ1v) is 5.73. The van der Waals surface area contributed by atoms with Gasteiger partial charge in [0, 0.05) is 4.48 Å². The minimum Gasteiger partial charge on any atom is -0.485 e. The van der Waals surface area contributed by atoms with Crippen LogP contribution in [0.3, 0.4) is 0 Å². The summed E-state index contributed by atoms with van der Waals surface area (Å²) in [7, 11) is 0. The van der Waals surface area contributed by atoms with E-state index in [-0.39, 0.29) is 6.10 Å². The number of rotatable bonds is 2. The van der Waals surface area contributed by atoms with Crippen LogP contribution in [0.1, 0.15) is 19.3 Å². The van der Waals surface area contributed by atoms with Crippen molar-refractivity contribution in [3.63, 3.8) is 0 Å². The van der Waals surface area contributed by atoms with Gasteiger partial charge in [0.15, 0.2) is 0 Å². The minimum absolute atomic E-state index is 0.214. The summed E-state index contributed by atoms with van der Waals surface area (Å²) in [4.78, 5) is 0. The van der Waals surface area contributed by atoms with Crippen molar-refractivity contribution in [1.82, 2.24) is 0 Å².